The Kier molecular flexibility index (Phi) is 5.60. The molecule has 1 spiro atoms. The first-order chi connectivity index (χ1) is 21.6. The van der Waals surface area contributed by atoms with E-state index < -0.39 is 23.2 Å². The number of imidazole rings is 1. The largest absolute Gasteiger partial charge is 0.465 e. The predicted octanol–water partition coefficient (Wildman–Crippen LogP) is 5.95. The summed E-state index contributed by atoms with van der Waals surface area (Å²) in [5.41, 5.74) is 8.89. The molecule has 3 aromatic carbocycles. The van der Waals surface area contributed by atoms with Crippen LogP contribution in [0, 0.1) is 11.2 Å². The van der Waals surface area contributed by atoms with Crippen molar-refractivity contribution < 1.29 is 18.7 Å². The number of carbonyl (C=O) groups excluding carboxylic acids is 2. The van der Waals surface area contributed by atoms with Gasteiger partial charge in [0, 0.05) is 52.8 Å². The maximum absolute atomic E-state index is 16.4. The molecule has 1 amide bonds. The quantitative estimate of drug-likeness (QED) is 0.266. The molecule has 3 saturated carbocycles. The first kappa shape index (κ1) is 27.8. The van der Waals surface area contributed by atoms with Gasteiger partial charge in [-0.3, -0.25) is 9.69 Å². The number of ether oxygens (including phenoxy) is 1. The summed E-state index contributed by atoms with van der Waals surface area (Å²) >= 11 is 12.9. The fourth-order valence-corrected chi connectivity index (χ4v) is 10.2. The van der Waals surface area contributed by atoms with Crippen LogP contribution >= 0.6 is 23.2 Å². The van der Waals surface area contributed by atoms with Gasteiger partial charge >= 0.3 is 5.97 Å². The number of anilines is 1. The van der Waals surface area contributed by atoms with Gasteiger partial charge in [-0.25, -0.2) is 14.2 Å². The molecule has 8 nitrogen and oxygen atoms in total. The van der Waals surface area contributed by atoms with E-state index in [4.69, 9.17) is 38.7 Å². The molecule has 1 saturated heterocycles. The smallest absolute Gasteiger partial charge is 0.337 e. The molecule has 45 heavy (non-hydrogen) atoms. The number of likely N-dealkylation sites (tertiary alicyclic amines) is 1. The molecule has 230 valence electrons. The van der Waals surface area contributed by atoms with E-state index in [-0.39, 0.29) is 33.8 Å². The van der Waals surface area contributed by atoms with Crippen molar-refractivity contribution in [1.29, 1.82) is 0 Å². The lowest BCUT2D eigenvalue weighted by molar-refractivity contribution is -0.164. The molecule has 4 heterocycles. The van der Waals surface area contributed by atoms with Crippen molar-refractivity contribution in [3.63, 3.8) is 0 Å². The molecule has 2 bridgehead atoms. The first-order valence-corrected chi connectivity index (χ1v) is 16.0. The van der Waals surface area contributed by atoms with Crippen molar-refractivity contribution in [2.75, 3.05) is 19.0 Å². The number of hydrogen-bond acceptors (Lipinski definition) is 6. The number of rotatable bonds is 4. The Labute approximate surface area is 268 Å². The van der Waals surface area contributed by atoms with Gasteiger partial charge in [-0.1, -0.05) is 41.4 Å². The third kappa shape index (κ3) is 3.52. The number of hydrogen-bond donors (Lipinski definition) is 2. The van der Waals surface area contributed by atoms with Crippen LogP contribution in [-0.4, -0.2) is 51.6 Å². The van der Waals surface area contributed by atoms with Crippen LogP contribution in [0.15, 0.2) is 54.6 Å². The highest BCUT2D eigenvalue weighted by Crippen LogP contribution is 2.70. The van der Waals surface area contributed by atoms with Crippen molar-refractivity contribution in [2.24, 2.45) is 11.1 Å². The molecule has 4 fully saturated rings. The lowest BCUT2D eigenvalue weighted by Gasteiger charge is -2.70. The minimum absolute atomic E-state index is 0.00362. The number of nitrogens with one attached hydrogen (secondary N) is 1. The number of aryl methyl sites for hydroxylation is 1. The van der Waals surface area contributed by atoms with Crippen molar-refractivity contribution in [2.45, 2.75) is 61.2 Å². The van der Waals surface area contributed by atoms with E-state index in [9.17, 15) is 9.59 Å². The zero-order chi connectivity index (χ0) is 31.0. The molecule has 4 aromatic rings. The van der Waals surface area contributed by atoms with Crippen LogP contribution in [0.5, 0.6) is 0 Å². The van der Waals surface area contributed by atoms with Crippen LogP contribution in [0.25, 0.3) is 11.0 Å². The number of fused-ring (bicyclic) bond motifs is 7. The van der Waals surface area contributed by atoms with Crippen molar-refractivity contribution in [3.05, 3.63) is 93.0 Å². The van der Waals surface area contributed by atoms with Crippen LogP contribution in [0.4, 0.5) is 10.1 Å². The zero-order valence-electron chi connectivity index (χ0n) is 24.4. The molecular weight excluding hydrogens is 616 g/mol. The van der Waals surface area contributed by atoms with Crippen LogP contribution in [0.1, 0.15) is 64.8 Å². The number of nitrogens with zero attached hydrogens (tertiary/aromatic N) is 3. The molecule has 3 aliphatic carbocycles. The van der Waals surface area contributed by atoms with Crippen molar-refractivity contribution in [1.82, 2.24) is 14.5 Å². The van der Waals surface area contributed by atoms with Gasteiger partial charge in [0.1, 0.15) is 17.2 Å². The summed E-state index contributed by atoms with van der Waals surface area (Å²) in [6, 6.07) is 15.7. The van der Waals surface area contributed by atoms with Crippen molar-refractivity contribution >= 4 is 51.8 Å². The lowest BCUT2D eigenvalue weighted by atomic mass is 9.39. The molecule has 3 aliphatic heterocycles. The molecule has 10 rings (SSSR count). The average Bonchev–Trinajstić information content (AvgIpc) is 3.60. The summed E-state index contributed by atoms with van der Waals surface area (Å²) in [4.78, 5) is 34.6. The fourth-order valence-electron chi connectivity index (χ4n) is 9.84. The summed E-state index contributed by atoms with van der Waals surface area (Å²) in [6.45, 7) is 1.32. The number of amides is 1. The number of esters is 1. The summed E-state index contributed by atoms with van der Waals surface area (Å²) < 4.78 is 23.5. The minimum Gasteiger partial charge on any atom is -0.465 e. The lowest BCUT2D eigenvalue weighted by Crippen LogP contribution is -2.75. The topological polar surface area (TPSA) is 102 Å². The van der Waals surface area contributed by atoms with E-state index in [1.807, 2.05) is 12.1 Å². The number of nitrogens with two attached hydrogens (primary N) is 1. The number of methoxy groups -OCH3 is 1. The highest BCUT2D eigenvalue weighted by Gasteiger charge is 2.73. The van der Waals surface area contributed by atoms with Crippen LogP contribution in [0.2, 0.25) is 10.0 Å². The Hall–Kier alpha value is -3.50. The second-order valence-corrected chi connectivity index (χ2v) is 14.6. The molecule has 3 N–H and O–H groups in total. The Morgan fingerprint density at radius 2 is 1.96 bits per heavy atom. The maximum Gasteiger partial charge on any atom is 0.337 e. The van der Waals surface area contributed by atoms with Crippen LogP contribution in [0.3, 0.4) is 0 Å². The van der Waals surface area contributed by atoms with Crippen LogP contribution in [-0.2, 0) is 21.6 Å². The van der Waals surface area contributed by atoms with Gasteiger partial charge in [0.25, 0.3) is 0 Å². The molecular formula is C34H30Cl2FN5O3. The second-order valence-electron chi connectivity index (χ2n) is 13.8. The van der Waals surface area contributed by atoms with E-state index in [2.05, 4.69) is 14.8 Å². The Bertz CT molecular complexity index is 1980. The molecule has 6 aliphatic rings. The average molecular weight is 647 g/mol. The summed E-state index contributed by atoms with van der Waals surface area (Å²) in [5, 5.41) is 3.65. The number of aromatic nitrogens is 2. The second kappa shape index (κ2) is 9.06. The third-order valence-corrected chi connectivity index (χ3v) is 11.7. The van der Waals surface area contributed by atoms with E-state index in [1.165, 1.54) is 13.2 Å². The van der Waals surface area contributed by atoms with E-state index in [0.29, 0.717) is 40.4 Å². The summed E-state index contributed by atoms with van der Waals surface area (Å²) in [5.74, 6) is -1.46. The monoisotopic (exact) mass is 645 g/mol. The summed E-state index contributed by atoms with van der Waals surface area (Å²) in [6.07, 6.45) is 3.45. The summed E-state index contributed by atoms with van der Waals surface area (Å²) in [7, 11) is 1.35. The Morgan fingerprint density at radius 3 is 2.71 bits per heavy atom. The van der Waals surface area contributed by atoms with Gasteiger partial charge in [-0.15, -0.1) is 0 Å². The first-order valence-electron chi connectivity index (χ1n) is 15.3. The Balaban J connectivity index is 1.31. The molecule has 0 unspecified atom stereocenters. The van der Waals surface area contributed by atoms with E-state index in [0.717, 1.165) is 42.6 Å². The molecule has 0 radical (unpaired) electrons. The zero-order valence-corrected chi connectivity index (χ0v) is 26.0. The predicted molar refractivity (Wildman–Crippen MR) is 168 cm³/mol. The van der Waals surface area contributed by atoms with Gasteiger partial charge in [0.05, 0.1) is 28.7 Å². The fraction of sp³-hybridized carbons (Fsp3) is 0.382. The van der Waals surface area contributed by atoms with Gasteiger partial charge in [0.15, 0.2) is 0 Å². The molecule has 4 atom stereocenters. The molecule has 11 heteroatoms. The van der Waals surface area contributed by atoms with Gasteiger partial charge < -0.3 is 20.4 Å². The Morgan fingerprint density at radius 1 is 1.16 bits per heavy atom. The number of benzene rings is 3. The SMILES string of the molecule is COC(=O)c1ccc2c(c1)nc1n2CC[C@H]2[C@@H]1[C@H](c1cccc(Cl)c1F)[C@]1(C(=O)Nc3cc(Cl)ccc31)N2CC12CC(N)(C1)C2. The number of halogens is 3. The highest BCUT2D eigenvalue weighted by atomic mass is 35.5. The minimum atomic E-state index is -1.25. The van der Waals surface area contributed by atoms with Gasteiger partial charge in [-0.05, 0) is 73.1 Å². The normalized spacial score (nSPS) is 32.5. The van der Waals surface area contributed by atoms with Gasteiger partial charge in [-0.2, -0.15) is 0 Å². The molecule has 1 aromatic heterocycles. The van der Waals surface area contributed by atoms with Crippen molar-refractivity contribution in [3.8, 4) is 0 Å². The highest BCUT2D eigenvalue weighted by molar-refractivity contribution is 6.31. The number of carbonyl (C=O) groups is 2. The van der Waals surface area contributed by atoms with E-state index in [1.54, 1.807) is 36.4 Å². The van der Waals surface area contributed by atoms with Crippen LogP contribution < -0.4 is 11.1 Å². The standard InChI is InChI=1S/C34H30Cl2FN5O3/c1-45-30(43)17-5-8-24-23(11-17)39-29-26-25(9-10-41(24)29)42(16-32-13-33(38,14-32)15-32)34(27(26)19-3-2-4-21(36)28(19)37)20-7-6-18(35)12-22(20)40-31(34)44/h2-8,11-12,25-27H,9-10,13-16,38H2,1H3,(H,40,44)/t25-,26+,27-,32?,33?,34+/m0/s1. The van der Waals surface area contributed by atoms with Gasteiger partial charge in [0.2, 0.25) is 5.91 Å². The van der Waals surface area contributed by atoms with E-state index >= 15 is 4.39 Å². The maximum atomic E-state index is 16.4. The third-order valence-electron chi connectivity index (χ3n) is 11.2.